The lowest BCUT2D eigenvalue weighted by atomic mass is 9.99. The number of methoxy groups -OCH3 is 2. The summed E-state index contributed by atoms with van der Waals surface area (Å²) in [5.41, 5.74) is 0.917. The quantitative estimate of drug-likeness (QED) is 0.906. The van der Waals surface area contributed by atoms with Crippen molar-refractivity contribution in [1.82, 2.24) is 9.88 Å². The number of pyridine rings is 1. The van der Waals surface area contributed by atoms with E-state index in [9.17, 15) is 5.11 Å². The van der Waals surface area contributed by atoms with Crippen LogP contribution in [0.25, 0.3) is 0 Å². The highest BCUT2D eigenvalue weighted by Crippen LogP contribution is 2.38. The van der Waals surface area contributed by atoms with Crippen molar-refractivity contribution >= 4 is 0 Å². The van der Waals surface area contributed by atoms with Crippen molar-refractivity contribution in [3.8, 4) is 11.5 Å². The van der Waals surface area contributed by atoms with E-state index in [1.165, 1.54) is 12.8 Å². The Morgan fingerprint density at radius 3 is 2.55 bits per heavy atom. The van der Waals surface area contributed by atoms with Gasteiger partial charge in [-0.15, -0.1) is 0 Å². The average molecular weight is 278 g/mol. The molecule has 3 heterocycles. The number of hydrogen-bond donors (Lipinski definition) is 1. The highest BCUT2D eigenvalue weighted by atomic mass is 16.5. The largest absolute Gasteiger partial charge is 0.493 e. The van der Waals surface area contributed by atoms with E-state index < -0.39 is 0 Å². The van der Waals surface area contributed by atoms with Crippen LogP contribution in [0, 0.1) is 0 Å². The summed E-state index contributed by atoms with van der Waals surface area (Å²) in [6.45, 7) is 0.766. The van der Waals surface area contributed by atoms with Crippen molar-refractivity contribution in [3.05, 3.63) is 18.0 Å². The summed E-state index contributed by atoms with van der Waals surface area (Å²) in [7, 11) is 3.29. The molecule has 0 amide bonds. The van der Waals surface area contributed by atoms with Crippen molar-refractivity contribution in [1.29, 1.82) is 0 Å². The first kappa shape index (κ1) is 13.6. The van der Waals surface area contributed by atoms with Gasteiger partial charge < -0.3 is 14.6 Å². The molecule has 1 aromatic rings. The topological polar surface area (TPSA) is 54.8 Å². The van der Waals surface area contributed by atoms with E-state index in [2.05, 4.69) is 9.88 Å². The molecule has 20 heavy (non-hydrogen) atoms. The second-order valence-electron chi connectivity index (χ2n) is 5.68. The zero-order valence-electron chi connectivity index (χ0n) is 12.1. The Labute approximate surface area is 119 Å². The first-order valence-corrected chi connectivity index (χ1v) is 7.22. The highest BCUT2D eigenvalue weighted by Gasteiger charge is 2.40. The van der Waals surface area contributed by atoms with Gasteiger partial charge >= 0.3 is 0 Å². The molecule has 2 aliphatic rings. The minimum absolute atomic E-state index is 0.135. The number of piperidine rings is 1. The molecule has 2 aliphatic heterocycles. The van der Waals surface area contributed by atoms with Gasteiger partial charge in [0.15, 0.2) is 11.5 Å². The van der Waals surface area contributed by atoms with Gasteiger partial charge in [0.2, 0.25) is 0 Å². The van der Waals surface area contributed by atoms with Gasteiger partial charge in [-0.1, -0.05) is 0 Å². The predicted octanol–water partition coefficient (Wildman–Crippen LogP) is 1.59. The molecule has 110 valence electrons. The molecule has 0 saturated carbocycles. The fourth-order valence-electron chi connectivity index (χ4n) is 3.64. The molecule has 2 fully saturated rings. The normalized spacial score (nSPS) is 29.4. The fourth-order valence-corrected chi connectivity index (χ4v) is 3.64. The number of nitrogens with zero attached hydrogens (tertiary/aromatic N) is 2. The van der Waals surface area contributed by atoms with Gasteiger partial charge in [-0.2, -0.15) is 0 Å². The molecular formula is C15H22N2O3. The number of hydrogen-bond acceptors (Lipinski definition) is 5. The molecule has 2 bridgehead atoms. The van der Waals surface area contributed by atoms with E-state index in [4.69, 9.17) is 9.47 Å². The maximum Gasteiger partial charge on any atom is 0.183 e. The molecule has 0 aliphatic carbocycles. The predicted molar refractivity (Wildman–Crippen MR) is 74.9 cm³/mol. The number of aliphatic hydroxyl groups is 1. The Morgan fingerprint density at radius 1 is 1.25 bits per heavy atom. The van der Waals surface area contributed by atoms with Crippen molar-refractivity contribution in [3.63, 3.8) is 0 Å². The zero-order valence-corrected chi connectivity index (χ0v) is 12.1. The number of rotatable bonds is 4. The van der Waals surface area contributed by atoms with Crippen LogP contribution in [0.4, 0.5) is 0 Å². The van der Waals surface area contributed by atoms with E-state index in [0.717, 1.165) is 36.6 Å². The third-order valence-electron chi connectivity index (χ3n) is 4.56. The van der Waals surface area contributed by atoms with Crippen LogP contribution in [-0.2, 0) is 6.54 Å². The number of fused-ring (bicyclic) bond motifs is 2. The van der Waals surface area contributed by atoms with E-state index >= 15 is 0 Å². The molecule has 0 aromatic carbocycles. The van der Waals surface area contributed by atoms with Crippen LogP contribution < -0.4 is 9.47 Å². The van der Waals surface area contributed by atoms with Gasteiger partial charge in [0.25, 0.3) is 0 Å². The van der Waals surface area contributed by atoms with E-state index in [-0.39, 0.29) is 6.10 Å². The Morgan fingerprint density at radius 2 is 1.95 bits per heavy atom. The van der Waals surface area contributed by atoms with Crippen molar-refractivity contribution in [2.24, 2.45) is 0 Å². The van der Waals surface area contributed by atoms with Crippen molar-refractivity contribution < 1.29 is 14.6 Å². The Hall–Kier alpha value is -1.33. The van der Waals surface area contributed by atoms with Crippen LogP contribution in [0.1, 0.15) is 31.4 Å². The Balaban J connectivity index is 1.82. The molecule has 0 spiro atoms. The summed E-state index contributed by atoms with van der Waals surface area (Å²) >= 11 is 0. The van der Waals surface area contributed by atoms with Crippen molar-refractivity contribution in [2.75, 3.05) is 14.2 Å². The Bertz CT molecular complexity index is 466. The first-order chi connectivity index (χ1) is 9.72. The second kappa shape index (κ2) is 5.58. The standard InChI is InChI=1S/C15H22N2O3/c1-19-14-5-6-16-13(15(14)20-2)9-17-10-3-4-11(17)8-12(18)7-10/h5-6,10-12,18H,3-4,7-9H2,1-2H3. The molecular weight excluding hydrogens is 256 g/mol. The van der Waals surface area contributed by atoms with Gasteiger partial charge in [-0.05, 0) is 25.7 Å². The molecule has 5 heteroatoms. The molecule has 1 N–H and O–H groups in total. The summed E-state index contributed by atoms with van der Waals surface area (Å²) in [4.78, 5) is 6.93. The molecule has 0 radical (unpaired) electrons. The van der Waals surface area contributed by atoms with E-state index in [0.29, 0.717) is 12.1 Å². The summed E-state index contributed by atoms with van der Waals surface area (Å²) in [6, 6.07) is 2.76. The smallest absolute Gasteiger partial charge is 0.183 e. The van der Waals surface area contributed by atoms with Crippen molar-refractivity contribution in [2.45, 2.75) is 50.4 Å². The second-order valence-corrected chi connectivity index (χ2v) is 5.68. The van der Waals surface area contributed by atoms with Crippen LogP contribution in [0.3, 0.4) is 0 Å². The minimum Gasteiger partial charge on any atom is -0.493 e. The number of aliphatic hydroxyl groups excluding tert-OH is 1. The molecule has 2 atom stereocenters. The monoisotopic (exact) mass is 278 g/mol. The lowest BCUT2D eigenvalue weighted by Crippen LogP contribution is -2.44. The highest BCUT2D eigenvalue weighted by molar-refractivity contribution is 5.42. The summed E-state index contributed by atoms with van der Waals surface area (Å²) in [6.07, 6.45) is 5.73. The average Bonchev–Trinajstić information content (AvgIpc) is 2.70. The van der Waals surface area contributed by atoms with Crippen LogP contribution in [0.5, 0.6) is 11.5 Å². The third kappa shape index (κ3) is 2.36. The molecule has 5 nitrogen and oxygen atoms in total. The lowest BCUT2D eigenvalue weighted by Gasteiger charge is -2.37. The number of ether oxygens (including phenoxy) is 2. The van der Waals surface area contributed by atoms with Crippen LogP contribution >= 0.6 is 0 Å². The van der Waals surface area contributed by atoms with Crippen LogP contribution in [0.2, 0.25) is 0 Å². The maximum absolute atomic E-state index is 9.87. The summed E-state index contributed by atoms with van der Waals surface area (Å²) in [5, 5.41) is 9.87. The SMILES string of the molecule is COc1ccnc(CN2C3CCC2CC(O)C3)c1OC. The first-order valence-electron chi connectivity index (χ1n) is 7.22. The van der Waals surface area contributed by atoms with Crippen LogP contribution in [-0.4, -0.2) is 47.4 Å². The lowest BCUT2D eigenvalue weighted by molar-refractivity contribution is 0.0299. The van der Waals surface area contributed by atoms with Gasteiger partial charge in [0.05, 0.1) is 20.3 Å². The number of aromatic nitrogens is 1. The van der Waals surface area contributed by atoms with Gasteiger partial charge in [-0.3, -0.25) is 9.88 Å². The third-order valence-corrected chi connectivity index (χ3v) is 4.56. The zero-order chi connectivity index (χ0) is 14.1. The maximum atomic E-state index is 9.87. The van der Waals surface area contributed by atoms with Crippen LogP contribution in [0.15, 0.2) is 12.3 Å². The summed E-state index contributed by atoms with van der Waals surface area (Å²) < 4.78 is 10.8. The molecule has 2 unspecified atom stereocenters. The Kier molecular flexibility index (Phi) is 3.81. The minimum atomic E-state index is -0.135. The van der Waals surface area contributed by atoms with Gasteiger partial charge in [-0.25, -0.2) is 0 Å². The molecule has 1 aromatic heterocycles. The summed E-state index contributed by atoms with van der Waals surface area (Å²) in [5.74, 6) is 1.45. The van der Waals surface area contributed by atoms with Gasteiger partial charge in [0, 0.05) is 30.9 Å². The fraction of sp³-hybridized carbons (Fsp3) is 0.667. The van der Waals surface area contributed by atoms with E-state index in [1.807, 2.05) is 6.07 Å². The van der Waals surface area contributed by atoms with Gasteiger partial charge in [0.1, 0.15) is 5.69 Å². The molecule has 2 saturated heterocycles. The van der Waals surface area contributed by atoms with E-state index in [1.54, 1.807) is 20.4 Å². The molecule has 3 rings (SSSR count).